The van der Waals surface area contributed by atoms with Crippen molar-refractivity contribution >= 4 is 0 Å². The zero-order valence-corrected chi connectivity index (χ0v) is 11.6. The van der Waals surface area contributed by atoms with Crippen LogP contribution >= 0.6 is 0 Å². The molecule has 1 atom stereocenters. The molecule has 1 aliphatic carbocycles. The van der Waals surface area contributed by atoms with Crippen molar-refractivity contribution in [2.45, 2.75) is 38.1 Å². The smallest absolute Gasteiger partial charge is 0.0243 e. The first-order chi connectivity index (χ1) is 8.20. The number of hydrogen-bond donors (Lipinski definition) is 1. The minimum absolute atomic E-state index is 0.642. The van der Waals surface area contributed by atoms with Crippen LogP contribution in [0.2, 0.25) is 0 Å². The predicted octanol–water partition coefficient (Wildman–Crippen LogP) is 1.39. The second-order valence-electron chi connectivity index (χ2n) is 6.18. The molecule has 0 amide bonds. The van der Waals surface area contributed by atoms with Gasteiger partial charge >= 0.3 is 0 Å². The lowest BCUT2D eigenvalue weighted by atomic mass is 9.79. The Labute approximate surface area is 106 Å². The van der Waals surface area contributed by atoms with Crippen molar-refractivity contribution in [3.63, 3.8) is 0 Å². The molecule has 100 valence electrons. The number of likely N-dealkylation sites (N-methyl/N-ethyl adjacent to an activating group) is 1. The third kappa shape index (κ3) is 3.43. The monoisotopic (exact) mass is 239 g/mol. The van der Waals surface area contributed by atoms with Gasteiger partial charge in [0.05, 0.1) is 0 Å². The molecule has 2 fully saturated rings. The summed E-state index contributed by atoms with van der Waals surface area (Å²) in [6.45, 7) is 4.64. The quantitative estimate of drug-likeness (QED) is 0.787. The molecule has 0 spiro atoms. The number of rotatable bonds is 5. The second-order valence-corrected chi connectivity index (χ2v) is 6.18. The van der Waals surface area contributed by atoms with Gasteiger partial charge in [-0.25, -0.2) is 0 Å². The van der Waals surface area contributed by atoms with Crippen molar-refractivity contribution in [1.29, 1.82) is 0 Å². The van der Waals surface area contributed by atoms with Crippen LogP contribution in [-0.2, 0) is 0 Å². The molecule has 1 aliphatic heterocycles. The Kier molecular flexibility index (Phi) is 4.83. The van der Waals surface area contributed by atoms with Gasteiger partial charge < -0.3 is 15.5 Å². The van der Waals surface area contributed by atoms with Crippen LogP contribution in [0.25, 0.3) is 0 Å². The summed E-state index contributed by atoms with van der Waals surface area (Å²) in [6.07, 6.45) is 6.95. The Hall–Kier alpha value is -0.120. The van der Waals surface area contributed by atoms with E-state index in [-0.39, 0.29) is 0 Å². The Morgan fingerprint density at radius 1 is 1.24 bits per heavy atom. The molecule has 2 rings (SSSR count). The minimum atomic E-state index is 0.642. The molecule has 0 aromatic carbocycles. The molecule has 2 N–H and O–H groups in total. The highest BCUT2D eigenvalue weighted by molar-refractivity contribution is 4.85. The Bertz CT molecular complexity index is 220. The van der Waals surface area contributed by atoms with Gasteiger partial charge in [-0.05, 0) is 64.7 Å². The summed E-state index contributed by atoms with van der Waals surface area (Å²) < 4.78 is 0. The van der Waals surface area contributed by atoms with Crippen LogP contribution in [-0.4, -0.2) is 56.1 Å². The van der Waals surface area contributed by atoms with Gasteiger partial charge in [-0.1, -0.05) is 6.42 Å². The molecule has 2 aliphatic rings. The molecule has 1 saturated heterocycles. The Balaban J connectivity index is 1.76. The Morgan fingerprint density at radius 3 is 2.35 bits per heavy atom. The van der Waals surface area contributed by atoms with E-state index in [0.29, 0.717) is 6.04 Å². The van der Waals surface area contributed by atoms with Crippen LogP contribution in [0.4, 0.5) is 0 Å². The molecule has 0 radical (unpaired) electrons. The molecule has 3 nitrogen and oxygen atoms in total. The van der Waals surface area contributed by atoms with E-state index in [2.05, 4.69) is 23.9 Å². The minimum Gasteiger partial charge on any atom is -0.329 e. The van der Waals surface area contributed by atoms with Gasteiger partial charge in [-0.2, -0.15) is 0 Å². The maximum absolute atomic E-state index is 5.96. The van der Waals surface area contributed by atoms with Gasteiger partial charge in [-0.15, -0.1) is 0 Å². The van der Waals surface area contributed by atoms with Crippen molar-refractivity contribution in [2.24, 2.45) is 17.6 Å². The first-order valence-corrected chi connectivity index (χ1v) is 7.29. The van der Waals surface area contributed by atoms with E-state index in [4.69, 9.17) is 5.73 Å². The summed E-state index contributed by atoms with van der Waals surface area (Å²) in [5.41, 5.74) is 5.96. The van der Waals surface area contributed by atoms with Crippen LogP contribution in [0, 0.1) is 11.8 Å². The fourth-order valence-electron chi connectivity index (χ4n) is 3.34. The van der Waals surface area contributed by atoms with E-state index in [1.54, 1.807) is 0 Å². The summed E-state index contributed by atoms with van der Waals surface area (Å²) in [5, 5.41) is 0. The predicted molar refractivity (Wildman–Crippen MR) is 73.0 cm³/mol. The highest BCUT2D eigenvalue weighted by Crippen LogP contribution is 2.32. The standard InChI is InChI=1S/C14H29N3/c1-16-8-6-12(7-9-16)11-17(2)14(10-15)13-4-3-5-13/h12-14H,3-11,15H2,1-2H3. The summed E-state index contributed by atoms with van der Waals surface area (Å²) >= 11 is 0. The van der Waals surface area contributed by atoms with Crippen molar-refractivity contribution in [2.75, 3.05) is 40.3 Å². The van der Waals surface area contributed by atoms with Crippen LogP contribution in [0.15, 0.2) is 0 Å². The van der Waals surface area contributed by atoms with E-state index in [0.717, 1.165) is 18.4 Å². The first kappa shape index (κ1) is 13.3. The number of piperidine rings is 1. The lowest BCUT2D eigenvalue weighted by molar-refractivity contribution is 0.0925. The average molecular weight is 239 g/mol. The summed E-state index contributed by atoms with van der Waals surface area (Å²) in [4.78, 5) is 5.00. The molecule has 0 aromatic heterocycles. The van der Waals surface area contributed by atoms with Gasteiger partial charge in [0.1, 0.15) is 0 Å². The maximum atomic E-state index is 5.96. The first-order valence-electron chi connectivity index (χ1n) is 7.29. The van der Waals surface area contributed by atoms with Gasteiger partial charge in [0, 0.05) is 19.1 Å². The summed E-state index contributed by atoms with van der Waals surface area (Å²) in [7, 11) is 4.52. The fraction of sp³-hybridized carbons (Fsp3) is 1.00. The van der Waals surface area contributed by atoms with Crippen LogP contribution < -0.4 is 5.73 Å². The van der Waals surface area contributed by atoms with E-state index in [9.17, 15) is 0 Å². The van der Waals surface area contributed by atoms with Gasteiger partial charge in [0.2, 0.25) is 0 Å². The number of likely N-dealkylation sites (tertiary alicyclic amines) is 1. The molecule has 0 aromatic rings. The second kappa shape index (κ2) is 6.17. The van der Waals surface area contributed by atoms with Crippen LogP contribution in [0.3, 0.4) is 0 Å². The normalized spacial score (nSPS) is 26.1. The van der Waals surface area contributed by atoms with Gasteiger partial charge in [0.25, 0.3) is 0 Å². The van der Waals surface area contributed by atoms with Crippen molar-refractivity contribution in [3.05, 3.63) is 0 Å². The molecule has 1 unspecified atom stereocenters. The summed E-state index contributed by atoms with van der Waals surface area (Å²) in [6, 6.07) is 0.642. The highest BCUT2D eigenvalue weighted by atomic mass is 15.2. The average Bonchev–Trinajstić information content (AvgIpc) is 2.26. The molecule has 17 heavy (non-hydrogen) atoms. The summed E-state index contributed by atoms with van der Waals surface area (Å²) in [5.74, 6) is 1.78. The molecule has 3 heteroatoms. The molecule has 1 saturated carbocycles. The molecule has 0 bridgehead atoms. The molecule has 1 heterocycles. The largest absolute Gasteiger partial charge is 0.329 e. The van der Waals surface area contributed by atoms with Crippen molar-refractivity contribution < 1.29 is 0 Å². The lowest BCUT2D eigenvalue weighted by Gasteiger charge is -2.41. The number of nitrogens with zero attached hydrogens (tertiary/aromatic N) is 2. The molecular formula is C14H29N3. The third-order valence-electron chi connectivity index (χ3n) is 4.89. The zero-order valence-electron chi connectivity index (χ0n) is 11.6. The number of nitrogens with two attached hydrogens (primary N) is 1. The fourth-order valence-corrected chi connectivity index (χ4v) is 3.34. The SMILES string of the molecule is CN1CCC(CN(C)C(CN)C2CCC2)CC1. The Morgan fingerprint density at radius 2 is 1.88 bits per heavy atom. The maximum Gasteiger partial charge on any atom is 0.0243 e. The third-order valence-corrected chi connectivity index (χ3v) is 4.89. The molecular weight excluding hydrogens is 210 g/mol. The van der Waals surface area contributed by atoms with Crippen LogP contribution in [0.1, 0.15) is 32.1 Å². The van der Waals surface area contributed by atoms with Crippen molar-refractivity contribution in [3.8, 4) is 0 Å². The van der Waals surface area contributed by atoms with E-state index < -0.39 is 0 Å². The van der Waals surface area contributed by atoms with Gasteiger partial charge in [0.15, 0.2) is 0 Å². The van der Waals surface area contributed by atoms with E-state index >= 15 is 0 Å². The van der Waals surface area contributed by atoms with E-state index in [1.807, 2.05) is 0 Å². The van der Waals surface area contributed by atoms with E-state index in [1.165, 1.54) is 51.7 Å². The van der Waals surface area contributed by atoms with Crippen LogP contribution in [0.5, 0.6) is 0 Å². The topological polar surface area (TPSA) is 32.5 Å². The lowest BCUT2D eigenvalue weighted by Crippen LogP contribution is -2.48. The van der Waals surface area contributed by atoms with Crippen molar-refractivity contribution in [1.82, 2.24) is 9.80 Å². The highest BCUT2D eigenvalue weighted by Gasteiger charge is 2.30. The van der Waals surface area contributed by atoms with Gasteiger partial charge in [-0.3, -0.25) is 0 Å². The number of hydrogen-bond acceptors (Lipinski definition) is 3. The zero-order chi connectivity index (χ0) is 12.3.